The Morgan fingerprint density at radius 2 is 2.37 bits per heavy atom. The summed E-state index contributed by atoms with van der Waals surface area (Å²) in [4.78, 5) is 18.1. The van der Waals surface area contributed by atoms with Crippen LogP contribution in [0, 0.1) is 0 Å². The van der Waals surface area contributed by atoms with Crippen molar-refractivity contribution in [2.45, 2.75) is 13.0 Å². The molecule has 1 amide bonds. The average Bonchev–Trinajstić information content (AvgIpc) is 2.94. The van der Waals surface area contributed by atoms with Crippen molar-refractivity contribution in [1.82, 2.24) is 9.88 Å². The Kier molecular flexibility index (Phi) is 3.21. The van der Waals surface area contributed by atoms with E-state index in [9.17, 15) is 4.79 Å². The second-order valence-corrected chi connectivity index (χ2v) is 5.40. The molecule has 0 fully saturated rings. The zero-order chi connectivity index (χ0) is 13.2. The van der Waals surface area contributed by atoms with Crippen LogP contribution in [0.25, 0.3) is 0 Å². The maximum atomic E-state index is 12.1. The second-order valence-electron chi connectivity index (χ2n) is 4.68. The van der Waals surface area contributed by atoms with Gasteiger partial charge in [0, 0.05) is 30.2 Å². The molecule has 0 radical (unpaired) electrons. The summed E-state index contributed by atoms with van der Waals surface area (Å²) in [7, 11) is 1.85. The molecule has 1 aliphatic rings. The van der Waals surface area contributed by atoms with Gasteiger partial charge in [-0.25, -0.2) is 4.98 Å². The lowest BCUT2D eigenvalue weighted by atomic mass is 9.99. The van der Waals surface area contributed by atoms with Gasteiger partial charge in [-0.05, 0) is 24.1 Å². The Morgan fingerprint density at radius 1 is 1.47 bits per heavy atom. The predicted octanol–water partition coefficient (Wildman–Crippen LogP) is 2.38. The van der Waals surface area contributed by atoms with Crippen LogP contribution in [0.1, 0.15) is 21.6 Å². The lowest BCUT2D eigenvalue weighted by Gasteiger charge is -2.25. The van der Waals surface area contributed by atoms with E-state index in [1.165, 1.54) is 0 Å². The van der Waals surface area contributed by atoms with Gasteiger partial charge in [-0.3, -0.25) is 4.79 Å². The Balaban J connectivity index is 1.79. The van der Waals surface area contributed by atoms with Crippen LogP contribution in [0.2, 0.25) is 0 Å². The van der Waals surface area contributed by atoms with Gasteiger partial charge in [0.15, 0.2) is 0 Å². The lowest BCUT2D eigenvalue weighted by molar-refractivity contribution is 0.0781. The largest absolute Gasteiger partial charge is 0.379 e. The van der Waals surface area contributed by atoms with E-state index in [1.54, 1.807) is 16.2 Å². The van der Waals surface area contributed by atoms with Gasteiger partial charge in [0.1, 0.15) is 0 Å². The van der Waals surface area contributed by atoms with E-state index in [0.717, 1.165) is 35.5 Å². The minimum absolute atomic E-state index is 0.110. The number of amides is 1. The molecular weight excluding hydrogens is 258 g/mol. The Hall–Kier alpha value is -1.88. The number of carbonyl (C=O) groups excluding carboxylic acids is 1. The molecule has 0 atom stereocenters. The molecule has 1 aliphatic heterocycles. The van der Waals surface area contributed by atoms with Crippen LogP contribution in [0.5, 0.6) is 0 Å². The minimum Gasteiger partial charge on any atom is -0.379 e. The number of aromatic nitrogens is 1. The number of benzene rings is 1. The zero-order valence-corrected chi connectivity index (χ0v) is 11.5. The highest BCUT2D eigenvalue weighted by atomic mass is 32.1. The number of likely N-dealkylation sites (N-methyl/N-ethyl adjacent to an activating group) is 1. The normalized spacial score (nSPS) is 14.4. The maximum Gasteiger partial charge on any atom is 0.253 e. The molecule has 5 heteroatoms. The molecule has 0 unspecified atom stereocenters. The SMILES string of the molecule is CN1CCc2ccc(NCc3cscn3)cc2C1=O. The number of nitrogens with zero attached hydrogens (tertiary/aromatic N) is 2. The monoisotopic (exact) mass is 273 g/mol. The first-order valence-corrected chi connectivity index (χ1v) is 7.17. The van der Waals surface area contributed by atoms with Gasteiger partial charge in [0.05, 0.1) is 17.7 Å². The fourth-order valence-corrected chi connectivity index (χ4v) is 2.77. The molecule has 3 rings (SSSR count). The smallest absolute Gasteiger partial charge is 0.253 e. The van der Waals surface area contributed by atoms with E-state index < -0.39 is 0 Å². The predicted molar refractivity (Wildman–Crippen MR) is 76.5 cm³/mol. The average molecular weight is 273 g/mol. The van der Waals surface area contributed by atoms with Gasteiger partial charge in [-0.15, -0.1) is 11.3 Å². The summed E-state index contributed by atoms with van der Waals surface area (Å²) in [5.74, 6) is 0.110. The van der Waals surface area contributed by atoms with Gasteiger partial charge < -0.3 is 10.2 Å². The molecule has 1 N–H and O–H groups in total. The molecule has 98 valence electrons. The van der Waals surface area contributed by atoms with E-state index >= 15 is 0 Å². The Morgan fingerprint density at radius 3 is 3.16 bits per heavy atom. The molecule has 1 aromatic heterocycles. The van der Waals surface area contributed by atoms with Gasteiger partial charge >= 0.3 is 0 Å². The molecule has 0 bridgehead atoms. The van der Waals surface area contributed by atoms with Crippen molar-refractivity contribution in [3.8, 4) is 0 Å². The topological polar surface area (TPSA) is 45.2 Å². The second kappa shape index (κ2) is 5.01. The Bertz CT molecular complexity index is 595. The first-order valence-electron chi connectivity index (χ1n) is 6.23. The molecule has 2 aromatic rings. The van der Waals surface area contributed by atoms with E-state index in [1.807, 2.05) is 36.1 Å². The summed E-state index contributed by atoms with van der Waals surface area (Å²) in [5.41, 5.74) is 5.77. The molecule has 0 aliphatic carbocycles. The van der Waals surface area contributed by atoms with Crippen LogP contribution >= 0.6 is 11.3 Å². The quantitative estimate of drug-likeness (QED) is 0.934. The number of carbonyl (C=O) groups is 1. The fraction of sp³-hybridized carbons (Fsp3) is 0.286. The molecule has 4 nitrogen and oxygen atoms in total. The number of hydrogen-bond acceptors (Lipinski definition) is 4. The van der Waals surface area contributed by atoms with Crippen LogP contribution in [0.4, 0.5) is 5.69 Å². The van der Waals surface area contributed by atoms with Gasteiger partial charge in [-0.2, -0.15) is 0 Å². The molecular formula is C14H15N3OS. The molecule has 0 saturated heterocycles. The van der Waals surface area contributed by atoms with Crippen molar-refractivity contribution in [1.29, 1.82) is 0 Å². The molecule has 19 heavy (non-hydrogen) atoms. The maximum absolute atomic E-state index is 12.1. The summed E-state index contributed by atoms with van der Waals surface area (Å²) in [6.07, 6.45) is 0.934. The number of thiazole rings is 1. The first kappa shape index (κ1) is 12.2. The van der Waals surface area contributed by atoms with Crippen LogP contribution in [0.15, 0.2) is 29.1 Å². The van der Waals surface area contributed by atoms with Crippen LogP contribution in [0.3, 0.4) is 0 Å². The number of anilines is 1. The number of rotatable bonds is 3. The van der Waals surface area contributed by atoms with Crippen LogP contribution in [-0.2, 0) is 13.0 Å². The van der Waals surface area contributed by atoms with Crippen LogP contribution < -0.4 is 5.32 Å². The Labute approximate surface area is 116 Å². The molecule has 1 aromatic carbocycles. The van der Waals surface area contributed by atoms with Crippen molar-refractivity contribution in [3.63, 3.8) is 0 Å². The highest BCUT2D eigenvalue weighted by molar-refractivity contribution is 7.07. The number of hydrogen-bond donors (Lipinski definition) is 1. The molecule has 0 spiro atoms. The zero-order valence-electron chi connectivity index (χ0n) is 10.7. The van der Waals surface area contributed by atoms with E-state index in [2.05, 4.69) is 10.3 Å². The highest BCUT2D eigenvalue weighted by Gasteiger charge is 2.21. The summed E-state index contributed by atoms with van der Waals surface area (Å²) in [5, 5.41) is 5.32. The lowest BCUT2D eigenvalue weighted by Crippen LogP contribution is -2.34. The standard InChI is InChI=1S/C14H15N3OS/c1-17-5-4-10-2-3-11(6-13(10)14(17)18)15-7-12-8-19-9-16-12/h2-3,6,8-9,15H,4-5,7H2,1H3. The third-order valence-electron chi connectivity index (χ3n) is 3.36. The van der Waals surface area contributed by atoms with Crippen molar-refractivity contribution in [2.24, 2.45) is 0 Å². The third kappa shape index (κ3) is 2.46. The summed E-state index contributed by atoms with van der Waals surface area (Å²) >= 11 is 1.59. The third-order valence-corrected chi connectivity index (χ3v) is 4.00. The van der Waals surface area contributed by atoms with Crippen molar-refractivity contribution in [2.75, 3.05) is 18.9 Å². The first-order chi connectivity index (χ1) is 9.24. The number of nitrogens with one attached hydrogen (secondary N) is 1. The van der Waals surface area contributed by atoms with Crippen molar-refractivity contribution < 1.29 is 4.79 Å². The molecule has 2 heterocycles. The van der Waals surface area contributed by atoms with E-state index in [-0.39, 0.29) is 5.91 Å². The fourth-order valence-electron chi connectivity index (χ4n) is 2.22. The molecule has 0 saturated carbocycles. The van der Waals surface area contributed by atoms with Gasteiger partial charge in [0.2, 0.25) is 0 Å². The van der Waals surface area contributed by atoms with E-state index in [4.69, 9.17) is 0 Å². The van der Waals surface area contributed by atoms with Gasteiger partial charge in [-0.1, -0.05) is 6.07 Å². The van der Waals surface area contributed by atoms with Gasteiger partial charge in [0.25, 0.3) is 5.91 Å². The summed E-state index contributed by atoms with van der Waals surface area (Å²) in [6.45, 7) is 1.49. The van der Waals surface area contributed by atoms with Crippen molar-refractivity contribution in [3.05, 3.63) is 45.9 Å². The summed E-state index contributed by atoms with van der Waals surface area (Å²) in [6, 6.07) is 6.02. The highest BCUT2D eigenvalue weighted by Crippen LogP contribution is 2.22. The van der Waals surface area contributed by atoms with E-state index in [0.29, 0.717) is 6.54 Å². The minimum atomic E-state index is 0.110. The number of fused-ring (bicyclic) bond motifs is 1. The van der Waals surface area contributed by atoms with Crippen LogP contribution in [-0.4, -0.2) is 29.4 Å². The summed E-state index contributed by atoms with van der Waals surface area (Å²) < 4.78 is 0. The van der Waals surface area contributed by atoms with Crippen molar-refractivity contribution >= 4 is 22.9 Å².